The fourth-order valence-electron chi connectivity index (χ4n) is 1.31. The molecule has 0 aliphatic carbocycles. The minimum Gasteiger partial charge on any atom is -0.481 e. The van der Waals surface area contributed by atoms with E-state index in [4.69, 9.17) is 9.84 Å². The molecule has 0 spiro atoms. The van der Waals surface area contributed by atoms with Crippen molar-refractivity contribution in [1.29, 1.82) is 0 Å². The van der Waals surface area contributed by atoms with Crippen LogP contribution in [0.25, 0.3) is 0 Å². The van der Waals surface area contributed by atoms with Crippen molar-refractivity contribution < 1.29 is 19.4 Å². The largest absolute Gasteiger partial charge is 0.481 e. The first-order chi connectivity index (χ1) is 6.13. The predicted molar refractivity (Wildman–Crippen MR) is 44.3 cm³/mol. The van der Waals surface area contributed by atoms with Crippen LogP contribution in [0.1, 0.15) is 13.3 Å². The number of amides is 1. The van der Waals surface area contributed by atoms with Crippen molar-refractivity contribution in [3.63, 3.8) is 0 Å². The van der Waals surface area contributed by atoms with Gasteiger partial charge in [0.25, 0.3) is 0 Å². The Hall–Kier alpha value is -1.26. The summed E-state index contributed by atoms with van der Waals surface area (Å²) in [5.41, 5.74) is 0. The van der Waals surface area contributed by atoms with Gasteiger partial charge in [-0.1, -0.05) is 0 Å². The molecule has 5 heteroatoms. The molecule has 1 aliphatic heterocycles. The number of hydrogen-bond acceptors (Lipinski definition) is 3. The van der Waals surface area contributed by atoms with E-state index in [2.05, 4.69) is 0 Å². The van der Waals surface area contributed by atoms with Gasteiger partial charge in [0, 0.05) is 19.0 Å². The van der Waals surface area contributed by atoms with Crippen LogP contribution in [0.5, 0.6) is 0 Å². The van der Waals surface area contributed by atoms with Gasteiger partial charge < -0.3 is 14.7 Å². The molecule has 1 fully saturated rings. The van der Waals surface area contributed by atoms with E-state index in [0.717, 1.165) is 0 Å². The number of likely N-dealkylation sites (tertiary alicyclic amines) is 1. The van der Waals surface area contributed by atoms with Crippen LogP contribution in [-0.2, 0) is 9.53 Å². The summed E-state index contributed by atoms with van der Waals surface area (Å²) >= 11 is 0. The van der Waals surface area contributed by atoms with Gasteiger partial charge in [0.15, 0.2) is 0 Å². The lowest BCUT2D eigenvalue weighted by Crippen LogP contribution is -2.50. The van der Waals surface area contributed by atoms with E-state index in [1.807, 2.05) is 0 Å². The van der Waals surface area contributed by atoms with E-state index >= 15 is 0 Å². The zero-order valence-electron chi connectivity index (χ0n) is 7.52. The second-order valence-corrected chi connectivity index (χ2v) is 3.07. The van der Waals surface area contributed by atoms with Gasteiger partial charge in [-0.2, -0.15) is 0 Å². The Morgan fingerprint density at radius 1 is 1.54 bits per heavy atom. The molecule has 1 aliphatic rings. The summed E-state index contributed by atoms with van der Waals surface area (Å²) in [6.45, 7) is 3.11. The molecule has 0 unspecified atom stereocenters. The van der Waals surface area contributed by atoms with Crippen molar-refractivity contribution in [2.24, 2.45) is 5.92 Å². The molecule has 0 bridgehead atoms. The molecule has 74 valence electrons. The Labute approximate surface area is 76.3 Å². The number of carboxylic acids is 1. The highest BCUT2D eigenvalue weighted by atomic mass is 16.6. The van der Waals surface area contributed by atoms with Gasteiger partial charge in [0.2, 0.25) is 0 Å². The van der Waals surface area contributed by atoms with Gasteiger partial charge in [-0.15, -0.1) is 0 Å². The lowest BCUT2D eigenvalue weighted by atomic mass is 9.97. The van der Waals surface area contributed by atoms with Crippen LogP contribution in [0.4, 0.5) is 4.79 Å². The smallest absolute Gasteiger partial charge is 0.409 e. The van der Waals surface area contributed by atoms with E-state index in [1.54, 1.807) is 6.92 Å². The quantitative estimate of drug-likeness (QED) is 0.700. The van der Waals surface area contributed by atoms with Crippen LogP contribution in [-0.4, -0.2) is 41.8 Å². The van der Waals surface area contributed by atoms with Gasteiger partial charge in [-0.25, -0.2) is 4.79 Å². The third-order valence-electron chi connectivity index (χ3n) is 1.95. The molecular formula is C8H13NO4. The van der Waals surface area contributed by atoms with Crippen LogP contribution in [0.2, 0.25) is 0 Å². The maximum atomic E-state index is 11.0. The summed E-state index contributed by atoms with van der Waals surface area (Å²) < 4.78 is 4.74. The summed E-state index contributed by atoms with van der Waals surface area (Å²) in [6, 6.07) is 0. The third-order valence-corrected chi connectivity index (χ3v) is 1.95. The maximum Gasteiger partial charge on any atom is 0.409 e. The zero-order chi connectivity index (χ0) is 9.84. The Balaban J connectivity index is 2.17. The minimum atomic E-state index is -0.812. The summed E-state index contributed by atoms with van der Waals surface area (Å²) in [6.07, 6.45) is -0.209. The van der Waals surface area contributed by atoms with E-state index < -0.39 is 5.97 Å². The molecule has 0 saturated carbocycles. The zero-order valence-corrected chi connectivity index (χ0v) is 7.52. The first-order valence-corrected chi connectivity index (χ1v) is 4.27. The summed E-state index contributed by atoms with van der Waals surface area (Å²) in [5, 5.41) is 8.44. The standard InChI is InChI=1S/C8H13NO4/c1-2-13-8(12)9-4-6(5-9)3-7(10)11/h6H,2-5H2,1H3,(H,10,11). The second kappa shape index (κ2) is 4.11. The average molecular weight is 187 g/mol. The Kier molecular flexibility index (Phi) is 3.11. The lowest BCUT2D eigenvalue weighted by molar-refractivity contribution is -0.139. The summed E-state index contributed by atoms with van der Waals surface area (Å²) in [7, 11) is 0. The molecule has 1 rings (SSSR count). The summed E-state index contributed by atoms with van der Waals surface area (Å²) in [5.74, 6) is -0.713. The van der Waals surface area contributed by atoms with Crippen molar-refractivity contribution in [3.05, 3.63) is 0 Å². The highest BCUT2D eigenvalue weighted by molar-refractivity contribution is 5.70. The number of aliphatic carboxylic acids is 1. The Morgan fingerprint density at radius 2 is 2.15 bits per heavy atom. The van der Waals surface area contributed by atoms with Crippen LogP contribution in [0.15, 0.2) is 0 Å². The minimum absolute atomic E-state index is 0.0990. The van der Waals surface area contributed by atoms with Crippen molar-refractivity contribution in [1.82, 2.24) is 4.90 Å². The first kappa shape index (κ1) is 9.83. The van der Waals surface area contributed by atoms with E-state index in [0.29, 0.717) is 19.7 Å². The van der Waals surface area contributed by atoms with E-state index in [1.165, 1.54) is 4.90 Å². The molecule has 5 nitrogen and oxygen atoms in total. The molecule has 0 aromatic carbocycles. The third kappa shape index (κ3) is 2.61. The fourth-order valence-corrected chi connectivity index (χ4v) is 1.31. The van der Waals surface area contributed by atoms with Gasteiger partial charge in [-0.05, 0) is 6.92 Å². The SMILES string of the molecule is CCOC(=O)N1CC(CC(=O)O)C1. The highest BCUT2D eigenvalue weighted by Gasteiger charge is 2.32. The molecule has 0 aromatic rings. The molecule has 1 heterocycles. The van der Waals surface area contributed by atoms with Crippen molar-refractivity contribution >= 4 is 12.1 Å². The normalized spacial score (nSPS) is 16.5. The fraction of sp³-hybridized carbons (Fsp3) is 0.750. The molecule has 0 atom stereocenters. The van der Waals surface area contributed by atoms with E-state index in [-0.39, 0.29) is 18.4 Å². The number of rotatable bonds is 3. The van der Waals surface area contributed by atoms with Crippen LogP contribution >= 0.6 is 0 Å². The van der Waals surface area contributed by atoms with Crippen LogP contribution < -0.4 is 0 Å². The summed E-state index contributed by atoms with van der Waals surface area (Å²) in [4.78, 5) is 22.8. The second-order valence-electron chi connectivity index (χ2n) is 3.07. The van der Waals surface area contributed by atoms with Crippen LogP contribution in [0.3, 0.4) is 0 Å². The maximum absolute atomic E-state index is 11.0. The number of carboxylic acid groups (broad SMARTS) is 1. The van der Waals surface area contributed by atoms with Gasteiger partial charge in [-0.3, -0.25) is 4.79 Å². The molecule has 13 heavy (non-hydrogen) atoms. The van der Waals surface area contributed by atoms with Crippen molar-refractivity contribution in [2.75, 3.05) is 19.7 Å². The lowest BCUT2D eigenvalue weighted by Gasteiger charge is -2.37. The van der Waals surface area contributed by atoms with Crippen molar-refractivity contribution in [2.45, 2.75) is 13.3 Å². The van der Waals surface area contributed by atoms with Gasteiger partial charge in [0.05, 0.1) is 13.0 Å². The topological polar surface area (TPSA) is 66.8 Å². The van der Waals surface area contributed by atoms with Crippen molar-refractivity contribution in [3.8, 4) is 0 Å². The number of nitrogens with zero attached hydrogens (tertiary/aromatic N) is 1. The average Bonchev–Trinajstić information content (AvgIpc) is 1.95. The first-order valence-electron chi connectivity index (χ1n) is 4.27. The number of ether oxygens (including phenoxy) is 1. The highest BCUT2D eigenvalue weighted by Crippen LogP contribution is 2.19. The number of carbonyl (C=O) groups excluding carboxylic acids is 1. The van der Waals surface area contributed by atoms with E-state index in [9.17, 15) is 9.59 Å². The molecule has 1 saturated heterocycles. The molecular weight excluding hydrogens is 174 g/mol. The van der Waals surface area contributed by atoms with Crippen LogP contribution in [0, 0.1) is 5.92 Å². The Morgan fingerprint density at radius 3 is 2.62 bits per heavy atom. The number of hydrogen-bond donors (Lipinski definition) is 1. The number of carbonyl (C=O) groups is 2. The Bertz CT molecular complexity index is 210. The van der Waals surface area contributed by atoms with Gasteiger partial charge in [0.1, 0.15) is 0 Å². The predicted octanol–water partition coefficient (Wildman–Crippen LogP) is 0.549. The molecule has 1 amide bonds. The monoisotopic (exact) mass is 187 g/mol. The molecule has 1 N–H and O–H groups in total. The van der Waals surface area contributed by atoms with Gasteiger partial charge >= 0.3 is 12.1 Å². The molecule has 0 aromatic heterocycles. The molecule has 0 radical (unpaired) electrons.